The summed E-state index contributed by atoms with van der Waals surface area (Å²) in [6, 6.07) is 9.67. The van der Waals surface area contributed by atoms with E-state index in [0.717, 1.165) is 24.8 Å². The van der Waals surface area contributed by atoms with Gasteiger partial charge in [0, 0.05) is 6.08 Å². The number of carbonyl (C=O) groups excluding carboxylic acids is 2. The Morgan fingerprint density at radius 3 is 2.09 bits per heavy atom. The molecular weight excluding hydrogens is 286 g/mol. The van der Waals surface area contributed by atoms with Gasteiger partial charge in [0.15, 0.2) is 0 Å². The van der Waals surface area contributed by atoms with E-state index >= 15 is 0 Å². The minimum Gasteiger partial charge on any atom is -0.292 e. The summed E-state index contributed by atoms with van der Waals surface area (Å²) in [5.41, 5.74) is 0.704. The molecule has 1 N–H and O–H groups in total. The number of carbonyl (C=O) groups is 2. The molecule has 120 valence electrons. The van der Waals surface area contributed by atoms with Crippen LogP contribution >= 0.6 is 0 Å². The van der Waals surface area contributed by atoms with Gasteiger partial charge in [-0.2, -0.15) is 0 Å². The van der Waals surface area contributed by atoms with Crippen molar-refractivity contribution in [2.24, 2.45) is 23.2 Å². The van der Waals surface area contributed by atoms with Crippen molar-refractivity contribution in [2.75, 3.05) is 0 Å². The van der Waals surface area contributed by atoms with Gasteiger partial charge in [-0.15, -0.1) is 0 Å². The molecule has 4 fully saturated rings. The lowest BCUT2D eigenvalue weighted by Gasteiger charge is -2.55. The molecule has 4 bridgehead atoms. The van der Waals surface area contributed by atoms with Gasteiger partial charge in [-0.1, -0.05) is 30.3 Å². The Morgan fingerprint density at radius 2 is 1.52 bits per heavy atom. The van der Waals surface area contributed by atoms with Gasteiger partial charge in [0.1, 0.15) is 0 Å². The zero-order valence-corrected chi connectivity index (χ0v) is 13.3. The van der Waals surface area contributed by atoms with Crippen LogP contribution in [0.1, 0.15) is 44.1 Å². The quantitative estimate of drug-likeness (QED) is 0.868. The number of hydrogen-bond acceptors (Lipinski definition) is 2. The topological polar surface area (TPSA) is 46.2 Å². The Kier molecular flexibility index (Phi) is 3.59. The molecule has 0 unspecified atom stereocenters. The predicted molar refractivity (Wildman–Crippen MR) is 89.2 cm³/mol. The van der Waals surface area contributed by atoms with Gasteiger partial charge >= 0.3 is 0 Å². The monoisotopic (exact) mass is 309 g/mol. The maximum atomic E-state index is 12.8. The SMILES string of the molecule is O=C(/C=C/c1ccccc1)NC(=O)C12CC3CC(CC(C3)C1)C2. The maximum absolute atomic E-state index is 12.8. The van der Waals surface area contributed by atoms with Gasteiger partial charge in [-0.3, -0.25) is 14.9 Å². The number of nitrogens with one attached hydrogen (secondary N) is 1. The highest BCUT2D eigenvalue weighted by molar-refractivity contribution is 6.04. The average Bonchev–Trinajstić information content (AvgIpc) is 2.52. The summed E-state index contributed by atoms with van der Waals surface area (Å²) < 4.78 is 0. The first-order valence-corrected chi connectivity index (χ1v) is 8.71. The van der Waals surface area contributed by atoms with Gasteiger partial charge in [-0.25, -0.2) is 0 Å². The second kappa shape index (κ2) is 5.63. The van der Waals surface area contributed by atoms with Crippen molar-refractivity contribution in [3.63, 3.8) is 0 Å². The van der Waals surface area contributed by atoms with E-state index < -0.39 is 0 Å². The van der Waals surface area contributed by atoms with Crippen molar-refractivity contribution in [3.05, 3.63) is 42.0 Å². The number of amides is 2. The highest BCUT2D eigenvalue weighted by Gasteiger charge is 2.54. The predicted octanol–water partition coefficient (Wildman–Crippen LogP) is 3.56. The normalized spacial score (nSPS) is 34.7. The summed E-state index contributed by atoms with van der Waals surface area (Å²) in [5.74, 6) is 1.81. The lowest BCUT2D eigenvalue weighted by Crippen LogP contribution is -2.54. The lowest BCUT2D eigenvalue weighted by atomic mass is 9.49. The van der Waals surface area contributed by atoms with Crippen LogP contribution in [0.2, 0.25) is 0 Å². The Morgan fingerprint density at radius 1 is 0.957 bits per heavy atom. The Bertz CT molecular complexity index is 612. The standard InChI is InChI=1S/C20H23NO2/c22-18(7-6-14-4-2-1-3-5-14)21-19(23)20-11-15-8-16(12-20)10-17(9-15)13-20/h1-7,15-17H,8-13H2,(H,21,22,23)/b7-6+. The van der Waals surface area contributed by atoms with Crippen LogP contribution in [0.25, 0.3) is 6.08 Å². The molecule has 3 nitrogen and oxygen atoms in total. The molecule has 5 rings (SSSR count). The van der Waals surface area contributed by atoms with Crippen molar-refractivity contribution >= 4 is 17.9 Å². The van der Waals surface area contributed by atoms with Crippen molar-refractivity contribution in [1.29, 1.82) is 0 Å². The Hall–Kier alpha value is -1.90. The summed E-state index contributed by atoms with van der Waals surface area (Å²) in [7, 11) is 0. The van der Waals surface area contributed by atoms with E-state index in [0.29, 0.717) is 17.8 Å². The zero-order chi connectivity index (χ0) is 15.9. The van der Waals surface area contributed by atoms with E-state index in [4.69, 9.17) is 0 Å². The second-order valence-electron chi connectivity index (χ2n) is 7.76. The molecular formula is C20H23NO2. The molecule has 4 aliphatic carbocycles. The summed E-state index contributed by atoms with van der Waals surface area (Å²) in [6.07, 6.45) is 10.1. The summed E-state index contributed by atoms with van der Waals surface area (Å²) in [5, 5.41) is 2.64. The molecule has 0 spiro atoms. The fourth-order valence-corrected chi connectivity index (χ4v) is 5.41. The van der Waals surface area contributed by atoms with Crippen molar-refractivity contribution in [1.82, 2.24) is 5.32 Å². The Labute approximate surface area is 137 Å². The molecule has 4 saturated carbocycles. The van der Waals surface area contributed by atoms with Crippen LogP contribution in [0.15, 0.2) is 36.4 Å². The molecule has 0 atom stereocenters. The van der Waals surface area contributed by atoms with Crippen molar-refractivity contribution in [3.8, 4) is 0 Å². The fourth-order valence-electron chi connectivity index (χ4n) is 5.41. The number of rotatable bonds is 3. The van der Waals surface area contributed by atoms with Gasteiger partial charge in [-0.05, 0) is 67.9 Å². The fraction of sp³-hybridized carbons (Fsp3) is 0.500. The molecule has 0 aliphatic heterocycles. The molecule has 0 heterocycles. The van der Waals surface area contributed by atoms with Crippen LogP contribution in [-0.2, 0) is 9.59 Å². The minimum absolute atomic E-state index is 0.0284. The number of imide groups is 1. The molecule has 0 radical (unpaired) electrons. The van der Waals surface area contributed by atoms with E-state index in [1.165, 1.54) is 25.3 Å². The van der Waals surface area contributed by atoms with Crippen molar-refractivity contribution in [2.45, 2.75) is 38.5 Å². The van der Waals surface area contributed by atoms with E-state index in [1.807, 2.05) is 30.3 Å². The lowest BCUT2D eigenvalue weighted by molar-refractivity contribution is -0.148. The maximum Gasteiger partial charge on any atom is 0.250 e. The van der Waals surface area contributed by atoms with Crippen LogP contribution in [0.5, 0.6) is 0 Å². The summed E-state index contributed by atoms with van der Waals surface area (Å²) >= 11 is 0. The summed E-state index contributed by atoms with van der Waals surface area (Å²) in [4.78, 5) is 24.9. The van der Waals surface area contributed by atoms with Crippen LogP contribution < -0.4 is 5.32 Å². The van der Waals surface area contributed by atoms with Crippen LogP contribution in [0, 0.1) is 23.2 Å². The average molecular weight is 309 g/mol. The number of hydrogen-bond donors (Lipinski definition) is 1. The smallest absolute Gasteiger partial charge is 0.250 e. The first kappa shape index (κ1) is 14.7. The molecule has 1 aromatic rings. The molecule has 3 heteroatoms. The van der Waals surface area contributed by atoms with Crippen LogP contribution in [0.3, 0.4) is 0 Å². The highest BCUT2D eigenvalue weighted by atomic mass is 16.2. The van der Waals surface area contributed by atoms with Crippen LogP contribution in [0.4, 0.5) is 0 Å². The van der Waals surface area contributed by atoms with Gasteiger partial charge in [0.25, 0.3) is 5.91 Å². The van der Waals surface area contributed by atoms with E-state index in [9.17, 15) is 9.59 Å². The molecule has 4 aliphatic rings. The first-order valence-electron chi connectivity index (χ1n) is 8.71. The molecule has 1 aromatic carbocycles. The highest BCUT2D eigenvalue weighted by Crippen LogP contribution is 2.60. The molecule has 0 saturated heterocycles. The third kappa shape index (κ3) is 2.85. The van der Waals surface area contributed by atoms with Gasteiger partial charge < -0.3 is 0 Å². The Balaban J connectivity index is 1.42. The summed E-state index contributed by atoms with van der Waals surface area (Å²) in [6.45, 7) is 0. The van der Waals surface area contributed by atoms with Gasteiger partial charge in [0.05, 0.1) is 5.41 Å². The van der Waals surface area contributed by atoms with Gasteiger partial charge in [0.2, 0.25) is 5.91 Å². The third-order valence-corrected chi connectivity index (χ3v) is 5.98. The molecule has 2 amide bonds. The van der Waals surface area contributed by atoms with Crippen LogP contribution in [-0.4, -0.2) is 11.8 Å². The van der Waals surface area contributed by atoms with E-state index in [-0.39, 0.29) is 17.2 Å². The first-order chi connectivity index (χ1) is 11.1. The molecule has 23 heavy (non-hydrogen) atoms. The zero-order valence-electron chi connectivity index (χ0n) is 13.3. The second-order valence-corrected chi connectivity index (χ2v) is 7.76. The third-order valence-electron chi connectivity index (χ3n) is 5.98. The van der Waals surface area contributed by atoms with E-state index in [1.54, 1.807) is 6.08 Å². The number of benzene rings is 1. The molecule has 0 aromatic heterocycles. The van der Waals surface area contributed by atoms with Crippen molar-refractivity contribution < 1.29 is 9.59 Å². The largest absolute Gasteiger partial charge is 0.292 e. The minimum atomic E-state index is -0.297. The van der Waals surface area contributed by atoms with E-state index in [2.05, 4.69) is 5.32 Å².